The molecule has 1 unspecified atom stereocenters. The van der Waals surface area contributed by atoms with Gasteiger partial charge in [-0.1, -0.05) is 23.7 Å². The number of amides is 2. The summed E-state index contributed by atoms with van der Waals surface area (Å²) in [5, 5.41) is 9.25. The number of carbonyl (C=O) groups excluding carboxylic acids is 1. The highest BCUT2D eigenvalue weighted by molar-refractivity contribution is 6.29. The minimum Gasteiger partial charge on any atom is -0.316 e. The highest BCUT2D eigenvalue weighted by atomic mass is 35.5. The van der Waals surface area contributed by atoms with E-state index in [2.05, 4.69) is 33.1 Å². The van der Waals surface area contributed by atoms with Crippen LogP contribution in [0.15, 0.2) is 42.6 Å². The van der Waals surface area contributed by atoms with Crippen LogP contribution in [0.25, 0.3) is 0 Å². The predicted octanol–water partition coefficient (Wildman–Crippen LogP) is 3.88. The van der Waals surface area contributed by atoms with E-state index < -0.39 is 0 Å². The summed E-state index contributed by atoms with van der Waals surface area (Å²) in [5.74, 6) is 0.572. The van der Waals surface area contributed by atoms with Crippen molar-refractivity contribution in [1.29, 1.82) is 0 Å². The first kappa shape index (κ1) is 17.5. The van der Waals surface area contributed by atoms with Crippen molar-refractivity contribution in [2.24, 2.45) is 0 Å². The summed E-state index contributed by atoms with van der Waals surface area (Å²) < 4.78 is 0. The van der Waals surface area contributed by atoms with E-state index in [9.17, 15) is 4.79 Å². The molecule has 0 saturated carbocycles. The first-order valence-electron chi connectivity index (χ1n) is 7.21. The van der Waals surface area contributed by atoms with E-state index >= 15 is 0 Å². The monoisotopic (exact) mass is 352 g/mol. The van der Waals surface area contributed by atoms with E-state index in [0.29, 0.717) is 16.8 Å². The van der Waals surface area contributed by atoms with Gasteiger partial charge in [-0.25, -0.2) is 9.78 Å². The highest BCUT2D eigenvalue weighted by Gasteiger charge is 2.16. The Morgan fingerprint density at radius 3 is 2.43 bits per heavy atom. The van der Waals surface area contributed by atoms with Crippen LogP contribution in [0.2, 0.25) is 5.15 Å². The zero-order valence-electron chi connectivity index (χ0n) is 12.4. The van der Waals surface area contributed by atoms with E-state index in [1.54, 1.807) is 12.1 Å². The third-order valence-corrected chi connectivity index (χ3v) is 3.91. The lowest BCUT2D eigenvalue weighted by Gasteiger charge is -2.11. The molecule has 1 saturated heterocycles. The summed E-state index contributed by atoms with van der Waals surface area (Å²) in [7, 11) is 0. The van der Waals surface area contributed by atoms with Crippen molar-refractivity contribution >= 4 is 41.4 Å². The summed E-state index contributed by atoms with van der Waals surface area (Å²) in [4.78, 5) is 15.8. The second kappa shape index (κ2) is 8.15. The average Bonchev–Trinajstić information content (AvgIpc) is 3.05. The van der Waals surface area contributed by atoms with Gasteiger partial charge in [-0.2, -0.15) is 0 Å². The highest BCUT2D eigenvalue weighted by Crippen LogP contribution is 2.23. The molecule has 3 rings (SSSR count). The third-order valence-electron chi connectivity index (χ3n) is 3.69. The molecule has 1 aromatic heterocycles. The molecular weight excluding hydrogens is 335 g/mol. The molecule has 1 aromatic carbocycles. The summed E-state index contributed by atoms with van der Waals surface area (Å²) in [5.41, 5.74) is 2.66. The van der Waals surface area contributed by atoms with Gasteiger partial charge in [0.2, 0.25) is 0 Å². The fourth-order valence-electron chi connectivity index (χ4n) is 2.52. The zero-order valence-corrected chi connectivity index (χ0v) is 14.0. The van der Waals surface area contributed by atoms with Crippen LogP contribution in [0.1, 0.15) is 17.9 Å². The Labute approximate surface area is 146 Å². The Balaban J connectivity index is 0.00000192. The number of hydrogen-bond donors (Lipinski definition) is 3. The number of benzene rings is 1. The number of anilines is 2. The van der Waals surface area contributed by atoms with Crippen LogP contribution in [0.3, 0.4) is 0 Å². The average molecular weight is 353 g/mol. The number of urea groups is 1. The molecular formula is C16H18Cl2N4O. The SMILES string of the molecule is Cl.O=C(Nc1ccc(C2CCNC2)cc1)Nc1ccc(Cl)nc1. The van der Waals surface area contributed by atoms with E-state index in [0.717, 1.165) is 25.2 Å². The molecule has 2 amide bonds. The fourth-order valence-corrected chi connectivity index (χ4v) is 2.63. The summed E-state index contributed by atoms with van der Waals surface area (Å²) >= 11 is 5.70. The molecule has 0 aliphatic carbocycles. The van der Waals surface area contributed by atoms with Crippen molar-refractivity contribution in [2.75, 3.05) is 23.7 Å². The van der Waals surface area contributed by atoms with E-state index in [1.807, 2.05) is 12.1 Å². The van der Waals surface area contributed by atoms with Gasteiger partial charge in [0.1, 0.15) is 5.15 Å². The molecule has 3 N–H and O–H groups in total. The molecule has 1 fully saturated rings. The number of aromatic nitrogens is 1. The Kier molecular flexibility index (Phi) is 6.21. The maximum absolute atomic E-state index is 11.9. The van der Waals surface area contributed by atoms with Crippen LogP contribution in [0.4, 0.5) is 16.2 Å². The van der Waals surface area contributed by atoms with Gasteiger partial charge in [0, 0.05) is 12.2 Å². The van der Waals surface area contributed by atoms with Crippen molar-refractivity contribution < 1.29 is 4.79 Å². The molecule has 1 aliphatic rings. The second-order valence-electron chi connectivity index (χ2n) is 5.26. The lowest BCUT2D eigenvalue weighted by Crippen LogP contribution is -2.19. The van der Waals surface area contributed by atoms with Crippen molar-refractivity contribution in [1.82, 2.24) is 10.3 Å². The molecule has 1 aliphatic heterocycles. The van der Waals surface area contributed by atoms with Crippen molar-refractivity contribution in [3.63, 3.8) is 0 Å². The molecule has 23 heavy (non-hydrogen) atoms. The van der Waals surface area contributed by atoms with Crippen LogP contribution < -0.4 is 16.0 Å². The number of pyridine rings is 1. The van der Waals surface area contributed by atoms with Gasteiger partial charge in [-0.05, 0) is 48.7 Å². The molecule has 2 heterocycles. The quantitative estimate of drug-likeness (QED) is 0.734. The maximum Gasteiger partial charge on any atom is 0.323 e. The minimum atomic E-state index is -0.306. The number of hydrogen-bond acceptors (Lipinski definition) is 3. The van der Waals surface area contributed by atoms with Crippen LogP contribution in [-0.2, 0) is 0 Å². The third kappa shape index (κ3) is 4.82. The molecule has 0 radical (unpaired) electrons. The van der Waals surface area contributed by atoms with Crippen molar-refractivity contribution in [3.05, 3.63) is 53.3 Å². The largest absolute Gasteiger partial charge is 0.323 e. The van der Waals surface area contributed by atoms with Gasteiger partial charge >= 0.3 is 6.03 Å². The van der Waals surface area contributed by atoms with Crippen LogP contribution in [0, 0.1) is 0 Å². The first-order valence-corrected chi connectivity index (χ1v) is 7.59. The van der Waals surface area contributed by atoms with E-state index in [-0.39, 0.29) is 18.4 Å². The van der Waals surface area contributed by atoms with Crippen molar-refractivity contribution in [3.8, 4) is 0 Å². The summed E-state index contributed by atoms with van der Waals surface area (Å²) in [6.07, 6.45) is 2.68. The van der Waals surface area contributed by atoms with Crippen LogP contribution in [-0.4, -0.2) is 24.1 Å². The number of halogens is 2. The first-order chi connectivity index (χ1) is 10.7. The zero-order chi connectivity index (χ0) is 15.4. The predicted molar refractivity (Wildman–Crippen MR) is 95.8 cm³/mol. The van der Waals surface area contributed by atoms with E-state index in [1.165, 1.54) is 11.8 Å². The molecule has 0 bridgehead atoms. The Bertz CT molecular complexity index is 640. The van der Waals surface area contributed by atoms with Gasteiger partial charge in [-0.3, -0.25) is 0 Å². The van der Waals surface area contributed by atoms with Gasteiger partial charge in [0.25, 0.3) is 0 Å². The standard InChI is InChI=1S/C16H17ClN4O.ClH/c17-15-6-5-14(10-19-15)21-16(22)20-13-3-1-11(2-4-13)12-7-8-18-9-12;/h1-6,10,12,18H,7-9H2,(H2,20,21,22);1H. The van der Waals surface area contributed by atoms with Crippen LogP contribution >= 0.6 is 24.0 Å². The van der Waals surface area contributed by atoms with Gasteiger partial charge in [-0.15, -0.1) is 12.4 Å². The molecule has 122 valence electrons. The Morgan fingerprint density at radius 2 is 1.83 bits per heavy atom. The molecule has 7 heteroatoms. The molecule has 5 nitrogen and oxygen atoms in total. The smallest absolute Gasteiger partial charge is 0.316 e. The lowest BCUT2D eigenvalue weighted by molar-refractivity contribution is 0.262. The molecule has 2 aromatic rings. The van der Waals surface area contributed by atoms with E-state index in [4.69, 9.17) is 11.6 Å². The van der Waals surface area contributed by atoms with Gasteiger partial charge in [0.15, 0.2) is 0 Å². The normalized spacial score (nSPS) is 16.5. The minimum absolute atomic E-state index is 0. The topological polar surface area (TPSA) is 66.1 Å². The number of carbonyl (C=O) groups is 1. The summed E-state index contributed by atoms with van der Waals surface area (Å²) in [6, 6.07) is 11.0. The summed E-state index contributed by atoms with van der Waals surface area (Å²) in [6.45, 7) is 2.10. The van der Waals surface area contributed by atoms with Gasteiger partial charge in [0.05, 0.1) is 11.9 Å². The number of nitrogens with zero attached hydrogens (tertiary/aromatic N) is 1. The second-order valence-corrected chi connectivity index (χ2v) is 5.65. The van der Waals surface area contributed by atoms with Gasteiger partial charge < -0.3 is 16.0 Å². The molecule has 0 spiro atoms. The Hall–Kier alpha value is -1.82. The molecule has 1 atom stereocenters. The lowest BCUT2D eigenvalue weighted by atomic mass is 9.98. The Morgan fingerprint density at radius 1 is 1.13 bits per heavy atom. The number of nitrogens with one attached hydrogen (secondary N) is 3. The van der Waals surface area contributed by atoms with Crippen molar-refractivity contribution in [2.45, 2.75) is 12.3 Å². The number of rotatable bonds is 3. The van der Waals surface area contributed by atoms with Crippen LogP contribution in [0.5, 0.6) is 0 Å². The fraction of sp³-hybridized carbons (Fsp3) is 0.250. The maximum atomic E-state index is 11.9.